The molecule has 29 heavy (non-hydrogen) atoms. The molecule has 2 atom stereocenters. The van der Waals surface area contributed by atoms with Gasteiger partial charge < -0.3 is 9.64 Å². The smallest absolute Gasteiger partial charge is 0.337 e. The third kappa shape index (κ3) is 2.66. The number of nitro benzene ring substituents is 1. The first-order valence-electron chi connectivity index (χ1n) is 9.01. The molecule has 0 saturated carbocycles. The van der Waals surface area contributed by atoms with Gasteiger partial charge >= 0.3 is 5.97 Å². The molecule has 7 nitrogen and oxygen atoms in total. The maximum atomic E-state index is 13.6. The molecule has 1 aliphatic heterocycles. The largest absolute Gasteiger partial charge is 0.465 e. The van der Waals surface area contributed by atoms with E-state index < -0.39 is 22.2 Å². The van der Waals surface area contributed by atoms with Gasteiger partial charge in [0.25, 0.3) is 5.69 Å². The zero-order valence-electron chi connectivity index (χ0n) is 15.9. The number of carbonyl (C=O) groups is 2. The Morgan fingerprint density at radius 1 is 1.21 bits per heavy atom. The number of hydrogen-bond acceptors (Lipinski definition) is 5. The summed E-state index contributed by atoms with van der Waals surface area (Å²) in [5, 5.41) is 11.4. The highest BCUT2D eigenvalue weighted by atomic mass is 16.6. The Morgan fingerprint density at radius 3 is 2.59 bits per heavy atom. The molecule has 0 radical (unpaired) electrons. The van der Waals surface area contributed by atoms with Gasteiger partial charge in [0.15, 0.2) is 0 Å². The van der Waals surface area contributed by atoms with E-state index in [2.05, 4.69) is 0 Å². The van der Waals surface area contributed by atoms with Crippen LogP contribution in [0.1, 0.15) is 17.0 Å². The summed E-state index contributed by atoms with van der Waals surface area (Å²) in [4.78, 5) is 38.2. The van der Waals surface area contributed by atoms with Gasteiger partial charge in [-0.3, -0.25) is 14.9 Å². The van der Waals surface area contributed by atoms with Gasteiger partial charge in [-0.05, 0) is 17.7 Å². The summed E-state index contributed by atoms with van der Waals surface area (Å²) >= 11 is 0. The number of fused-ring (bicyclic) bond motifs is 2. The zero-order valence-corrected chi connectivity index (χ0v) is 15.9. The van der Waals surface area contributed by atoms with Crippen molar-refractivity contribution in [3.05, 3.63) is 93.6 Å². The van der Waals surface area contributed by atoms with Crippen LogP contribution in [0, 0.1) is 10.1 Å². The van der Waals surface area contributed by atoms with Gasteiger partial charge in [-0.25, -0.2) is 4.79 Å². The Balaban J connectivity index is 2.03. The second-order valence-corrected chi connectivity index (χ2v) is 7.03. The lowest BCUT2D eigenvalue weighted by atomic mass is 9.65. The van der Waals surface area contributed by atoms with E-state index in [4.69, 9.17) is 4.74 Å². The van der Waals surface area contributed by atoms with Crippen LogP contribution in [-0.2, 0) is 19.7 Å². The van der Waals surface area contributed by atoms with Crippen molar-refractivity contribution in [1.29, 1.82) is 0 Å². The Kier molecular flexibility index (Phi) is 4.30. The number of nitrogens with zero attached hydrogens (tertiary/aromatic N) is 2. The first-order valence-corrected chi connectivity index (χ1v) is 9.01. The van der Waals surface area contributed by atoms with Gasteiger partial charge in [-0.15, -0.1) is 0 Å². The maximum Gasteiger partial charge on any atom is 0.337 e. The molecule has 146 valence electrons. The molecule has 0 aromatic heterocycles. The van der Waals surface area contributed by atoms with Crippen molar-refractivity contribution >= 4 is 23.3 Å². The fraction of sp³-hybridized carbons (Fsp3) is 0.182. The monoisotopic (exact) mass is 390 g/mol. The summed E-state index contributed by atoms with van der Waals surface area (Å²) < 4.78 is 4.85. The standard InChI is InChI=1S/C22H18N2O5/c1-23-19-11-9-16(24(27)28)12-18(19)22(21(23)26)13-15(20(25)29-2)8-10-17(22)14-6-4-3-5-7-14/h3-13,17H,1-2H3/t17-,22+/m1/s1. The van der Waals surface area contributed by atoms with E-state index in [0.717, 1.165) is 5.56 Å². The van der Waals surface area contributed by atoms with Crippen LogP contribution >= 0.6 is 0 Å². The number of nitro groups is 1. The first kappa shape index (κ1) is 18.6. The van der Waals surface area contributed by atoms with E-state index in [1.807, 2.05) is 30.3 Å². The molecule has 1 spiro atoms. The second kappa shape index (κ2) is 6.70. The second-order valence-electron chi connectivity index (χ2n) is 7.03. The molecule has 0 saturated heterocycles. The summed E-state index contributed by atoms with van der Waals surface area (Å²) in [5.74, 6) is -1.26. The molecule has 1 heterocycles. The topological polar surface area (TPSA) is 89.8 Å². The fourth-order valence-corrected chi connectivity index (χ4v) is 4.22. The minimum atomic E-state index is -1.28. The van der Waals surface area contributed by atoms with Gasteiger partial charge in [-0.1, -0.05) is 42.5 Å². The summed E-state index contributed by atoms with van der Waals surface area (Å²) in [6.45, 7) is 0. The average Bonchev–Trinajstić information content (AvgIpc) is 2.95. The number of allylic oxidation sites excluding steroid dienone is 1. The van der Waals surface area contributed by atoms with Crippen molar-refractivity contribution in [2.45, 2.75) is 11.3 Å². The molecule has 1 amide bonds. The quantitative estimate of drug-likeness (QED) is 0.456. The SMILES string of the molecule is COC(=O)C1=C[C@]2(C(=O)N(C)c3ccc([N+](=O)[O-])cc32)[C@@H](c2ccccc2)C=C1. The summed E-state index contributed by atoms with van der Waals surface area (Å²) in [5.41, 5.74) is 0.790. The van der Waals surface area contributed by atoms with E-state index in [0.29, 0.717) is 11.3 Å². The van der Waals surface area contributed by atoms with Crippen LogP contribution in [0.3, 0.4) is 0 Å². The highest BCUT2D eigenvalue weighted by Gasteiger charge is 2.55. The van der Waals surface area contributed by atoms with Gasteiger partial charge in [0.1, 0.15) is 5.41 Å². The number of carbonyl (C=O) groups excluding carboxylic acids is 2. The van der Waals surface area contributed by atoms with Crippen molar-refractivity contribution in [3.63, 3.8) is 0 Å². The number of benzene rings is 2. The number of anilines is 1. The third-order valence-electron chi connectivity index (χ3n) is 5.58. The highest BCUT2D eigenvalue weighted by Crippen LogP contribution is 2.53. The zero-order chi connectivity index (χ0) is 20.8. The Bertz CT molecular complexity index is 1090. The van der Waals surface area contributed by atoms with Crippen LogP contribution < -0.4 is 4.90 Å². The minimum Gasteiger partial charge on any atom is -0.465 e. The number of esters is 1. The van der Waals surface area contributed by atoms with Crippen LogP contribution in [0.15, 0.2) is 72.3 Å². The lowest BCUT2D eigenvalue weighted by molar-refractivity contribution is -0.384. The van der Waals surface area contributed by atoms with E-state index in [1.54, 1.807) is 31.3 Å². The van der Waals surface area contributed by atoms with Crippen LogP contribution in [0.25, 0.3) is 0 Å². The van der Waals surface area contributed by atoms with Crippen LogP contribution in [0.2, 0.25) is 0 Å². The molecular formula is C22H18N2O5. The Hall–Kier alpha value is -3.74. The minimum absolute atomic E-state index is 0.111. The predicted octanol–water partition coefficient (Wildman–Crippen LogP) is 3.26. The van der Waals surface area contributed by atoms with E-state index in [1.165, 1.54) is 24.1 Å². The van der Waals surface area contributed by atoms with E-state index in [-0.39, 0.29) is 17.2 Å². The number of amides is 1. The lowest BCUT2D eigenvalue weighted by Crippen LogP contribution is -2.43. The van der Waals surface area contributed by atoms with Crippen molar-refractivity contribution in [2.24, 2.45) is 0 Å². The van der Waals surface area contributed by atoms with Crippen LogP contribution in [-0.4, -0.2) is 31.0 Å². The highest BCUT2D eigenvalue weighted by molar-refractivity contribution is 6.12. The Morgan fingerprint density at radius 2 is 1.93 bits per heavy atom. The van der Waals surface area contributed by atoms with Gasteiger partial charge in [0.2, 0.25) is 5.91 Å². The van der Waals surface area contributed by atoms with Crippen molar-refractivity contribution in [1.82, 2.24) is 0 Å². The van der Waals surface area contributed by atoms with Gasteiger partial charge in [0.05, 0.1) is 17.6 Å². The summed E-state index contributed by atoms with van der Waals surface area (Å²) in [7, 11) is 2.90. The number of hydrogen-bond donors (Lipinski definition) is 0. The molecule has 0 unspecified atom stereocenters. The normalized spacial score (nSPS) is 22.4. The number of non-ortho nitro benzene ring substituents is 1. The van der Waals surface area contributed by atoms with Gasteiger partial charge in [0, 0.05) is 36.3 Å². The number of likely N-dealkylation sites (N-methyl/N-ethyl adjacent to an activating group) is 1. The van der Waals surface area contributed by atoms with Crippen molar-refractivity contribution in [3.8, 4) is 0 Å². The van der Waals surface area contributed by atoms with E-state index in [9.17, 15) is 19.7 Å². The van der Waals surface area contributed by atoms with Gasteiger partial charge in [-0.2, -0.15) is 0 Å². The molecule has 0 fully saturated rings. The fourth-order valence-electron chi connectivity index (χ4n) is 4.22. The summed E-state index contributed by atoms with van der Waals surface area (Å²) in [6.07, 6.45) is 5.02. The predicted molar refractivity (Wildman–Crippen MR) is 107 cm³/mol. The summed E-state index contributed by atoms with van der Waals surface area (Å²) in [6, 6.07) is 13.8. The third-order valence-corrected chi connectivity index (χ3v) is 5.58. The maximum absolute atomic E-state index is 13.6. The lowest BCUT2D eigenvalue weighted by Gasteiger charge is -2.35. The van der Waals surface area contributed by atoms with E-state index >= 15 is 0 Å². The van der Waals surface area contributed by atoms with Crippen molar-refractivity contribution < 1.29 is 19.2 Å². The molecule has 7 heteroatoms. The molecule has 0 bridgehead atoms. The number of methoxy groups -OCH3 is 1. The Labute approximate surface area is 167 Å². The molecule has 1 aliphatic carbocycles. The molecule has 2 aliphatic rings. The van der Waals surface area contributed by atoms with Crippen LogP contribution in [0.4, 0.5) is 11.4 Å². The number of ether oxygens (including phenoxy) is 1. The number of rotatable bonds is 3. The average molecular weight is 390 g/mol. The molecular weight excluding hydrogens is 372 g/mol. The van der Waals surface area contributed by atoms with Crippen molar-refractivity contribution in [2.75, 3.05) is 19.1 Å². The molecule has 0 N–H and O–H groups in total. The first-order chi connectivity index (χ1) is 13.9. The molecule has 2 aromatic carbocycles. The molecule has 4 rings (SSSR count). The molecule has 2 aromatic rings. The van der Waals surface area contributed by atoms with Crippen LogP contribution in [0.5, 0.6) is 0 Å².